The molecular formula is C24H29F4N5O5S. The first-order valence-corrected chi connectivity index (χ1v) is 13.9. The third-order valence-corrected chi connectivity index (χ3v) is 6.94. The summed E-state index contributed by atoms with van der Waals surface area (Å²) in [6.45, 7) is 2.26. The molecule has 1 aliphatic heterocycles. The molecule has 1 aromatic carbocycles. The molecule has 214 valence electrons. The maximum absolute atomic E-state index is 14.3. The van der Waals surface area contributed by atoms with Crippen LogP contribution in [-0.2, 0) is 27.5 Å². The van der Waals surface area contributed by atoms with Crippen LogP contribution in [0.5, 0.6) is 0 Å². The van der Waals surface area contributed by atoms with Gasteiger partial charge in [-0.15, -0.1) is 0 Å². The Labute approximate surface area is 222 Å². The van der Waals surface area contributed by atoms with Crippen molar-refractivity contribution in [2.45, 2.75) is 38.4 Å². The van der Waals surface area contributed by atoms with Gasteiger partial charge in [0.05, 0.1) is 17.9 Å². The highest BCUT2D eigenvalue weighted by atomic mass is 32.2. The molecule has 2 heterocycles. The van der Waals surface area contributed by atoms with Gasteiger partial charge in [0.1, 0.15) is 17.3 Å². The summed E-state index contributed by atoms with van der Waals surface area (Å²) >= 11 is 0. The molecule has 1 atom stereocenters. The molecule has 0 spiro atoms. The van der Waals surface area contributed by atoms with Crippen LogP contribution in [0.4, 0.5) is 33.9 Å². The lowest BCUT2D eigenvalue weighted by atomic mass is 9.97. The van der Waals surface area contributed by atoms with E-state index in [2.05, 4.69) is 15.6 Å². The second-order valence-corrected chi connectivity index (χ2v) is 11.1. The zero-order chi connectivity index (χ0) is 29.0. The van der Waals surface area contributed by atoms with Crippen molar-refractivity contribution < 1.29 is 40.7 Å². The van der Waals surface area contributed by atoms with Crippen molar-refractivity contribution in [2.75, 3.05) is 35.9 Å². The van der Waals surface area contributed by atoms with Crippen molar-refractivity contribution >= 4 is 33.5 Å². The Hall–Kier alpha value is -3.62. The number of anilines is 2. The summed E-state index contributed by atoms with van der Waals surface area (Å²) in [5.74, 6) is -2.30. The van der Waals surface area contributed by atoms with Gasteiger partial charge < -0.3 is 20.6 Å². The number of carboxylic acid groups (broad SMARTS) is 1. The van der Waals surface area contributed by atoms with Crippen LogP contribution in [0.25, 0.3) is 0 Å². The number of nitrogens with zero attached hydrogens (tertiary/aromatic N) is 2. The van der Waals surface area contributed by atoms with E-state index in [1.807, 2.05) is 4.72 Å². The molecule has 1 aliphatic rings. The molecule has 4 N–H and O–H groups in total. The van der Waals surface area contributed by atoms with Gasteiger partial charge in [0.2, 0.25) is 15.9 Å². The Bertz CT molecular complexity index is 1310. The standard InChI is InChI=1S/C24H29F4N5O5S/c1-14(16-3-5-19(18(25)11-16)32-39(2,37)38)22(34)30-13-17-4-6-20(24(26,27)28)31-21(17)29-12-15-7-9-33(10-8-15)23(35)36/h3-6,11,14-15,32H,7-10,12-13H2,1-2H3,(H,29,31)(H,30,34)(H,35,36). The van der Waals surface area contributed by atoms with E-state index in [0.29, 0.717) is 31.5 Å². The highest BCUT2D eigenvalue weighted by molar-refractivity contribution is 7.92. The number of carbonyl (C=O) groups excluding carboxylic acids is 1. The number of likely N-dealkylation sites (tertiary alicyclic amines) is 1. The number of benzene rings is 1. The van der Waals surface area contributed by atoms with E-state index in [1.54, 1.807) is 0 Å². The van der Waals surface area contributed by atoms with Crippen molar-refractivity contribution in [3.63, 3.8) is 0 Å². The molecule has 1 fully saturated rings. The first-order chi connectivity index (χ1) is 18.1. The van der Waals surface area contributed by atoms with Gasteiger partial charge in [-0.1, -0.05) is 12.1 Å². The molecule has 39 heavy (non-hydrogen) atoms. The van der Waals surface area contributed by atoms with Crippen LogP contribution in [0.15, 0.2) is 30.3 Å². The Morgan fingerprint density at radius 3 is 2.41 bits per heavy atom. The zero-order valence-electron chi connectivity index (χ0n) is 21.2. The summed E-state index contributed by atoms with van der Waals surface area (Å²) in [4.78, 5) is 28.8. The quantitative estimate of drug-likeness (QED) is 0.333. The normalized spacial score (nSPS) is 15.5. The summed E-state index contributed by atoms with van der Waals surface area (Å²) in [5.41, 5.74) is -0.813. The van der Waals surface area contributed by atoms with Gasteiger partial charge in [-0.2, -0.15) is 13.2 Å². The largest absolute Gasteiger partial charge is 0.465 e. The fraction of sp³-hybridized carbons (Fsp3) is 0.458. The number of rotatable bonds is 9. The molecule has 1 aromatic heterocycles. The van der Waals surface area contributed by atoms with Gasteiger partial charge in [0.15, 0.2) is 0 Å². The molecule has 1 unspecified atom stereocenters. The molecule has 10 nitrogen and oxygen atoms in total. The van der Waals surface area contributed by atoms with E-state index in [1.165, 1.54) is 30.0 Å². The number of carbonyl (C=O) groups is 2. The SMILES string of the molecule is CC(C(=O)NCc1ccc(C(F)(F)F)nc1NCC1CCN(C(=O)O)CC1)c1ccc(NS(C)(=O)=O)c(F)c1. The van der Waals surface area contributed by atoms with E-state index in [9.17, 15) is 35.6 Å². The molecule has 0 aliphatic carbocycles. The van der Waals surface area contributed by atoms with E-state index in [0.717, 1.165) is 18.4 Å². The number of amides is 2. The van der Waals surface area contributed by atoms with E-state index in [-0.39, 0.29) is 36.1 Å². The van der Waals surface area contributed by atoms with Gasteiger partial charge in [-0.05, 0) is 49.4 Å². The average molecular weight is 576 g/mol. The minimum Gasteiger partial charge on any atom is -0.465 e. The fourth-order valence-electron chi connectivity index (χ4n) is 4.08. The molecule has 1 saturated heterocycles. The smallest absolute Gasteiger partial charge is 0.433 e. The predicted molar refractivity (Wildman–Crippen MR) is 135 cm³/mol. The predicted octanol–water partition coefficient (Wildman–Crippen LogP) is 3.83. The van der Waals surface area contributed by atoms with Gasteiger partial charge >= 0.3 is 12.3 Å². The highest BCUT2D eigenvalue weighted by Gasteiger charge is 2.33. The van der Waals surface area contributed by atoms with Crippen molar-refractivity contribution in [1.82, 2.24) is 15.2 Å². The van der Waals surface area contributed by atoms with Gasteiger partial charge in [-0.3, -0.25) is 9.52 Å². The number of pyridine rings is 1. The molecular weight excluding hydrogens is 546 g/mol. The van der Waals surface area contributed by atoms with Crippen molar-refractivity contribution in [2.24, 2.45) is 5.92 Å². The Balaban J connectivity index is 1.68. The number of aromatic nitrogens is 1. The van der Waals surface area contributed by atoms with Crippen LogP contribution < -0.4 is 15.4 Å². The zero-order valence-corrected chi connectivity index (χ0v) is 22.0. The van der Waals surface area contributed by atoms with Crippen molar-refractivity contribution in [3.05, 3.63) is 53.0 Å². The first-order valence-electron chi connectivity index (χ1n) is 12.0. The number of hydrogen-bond acceptors (Lipinski definition) is 6. The Morgan fingerprint density at radius 2 is 1.85 bits per heavy atom. The second-order valence-electron chi connectivity index (χ2n) is 9.35. The first kappa shape index (κ1) is 29.9. The van der Waals surface area contributed by atoms with Crippen LogP contribution >= 0.6 is 0 Å². The van der Waals surface area contributed by atoms with Crippen molar-refractivity contribution in [1.29, 1.82) is 0 Å². The summed E-state index contributed by atoms with van der Waals surface area (Å²) in [6.07, 6.45) is -3.75. The summed E-state index contributed by atoms with van der Waals surface area (Å²) in [6, 6.07) is 5.63. The lowest BCUT2D eigenvalue weighted by Crippen LogP contribution is -2.39. The summed E-state index contributed by atoms with van der Waals surface area (Å²) < 4.78 is 78.9. The third kappa shape index (κ3) is 8.43. The van der Waals surface area contributed by atoms with Crippen LogP contribution in [0.3, 0.4) is 0 Å². The topological polar surface area (TPSA) is 141 Å². The Kier molecular flexibility index (Phi) is 9.25. The van der Waals surface area contributed by atoms with E-state index in [4.69, 9.17) is 5.11 Å². The molecule has 0 bridgehead atoms. The van der Waals surface area contributed by atoms with Crippen LogP contribution in [0.1, 0.15) is 42.5 Å². The third-order valence-electron chi connectivity index (χ3n) is 6.35. The number of sulfonamides is 1. The minimum absolute atomic E-state index is 0.0226. The Morgan fingerprint density at radius 1 is 1.18 bits per heavy atom. The highest BCUT2D eigenvalue weighted by Crippen LogP contribution is 2.30. The number of halogens is 4. The van der Waals surface area contributed by atoms with Gasteiger partial charge in [0, 0.05) is 31.7 Å². The minimum atomic E-state index is -4.68. The van der Waals surface area contributed by atoms with Crippen LogP contribution in [-0.4, -0.2) is 61.3 Å². The van der Waals surface area contributed by atoms with Gasteiger partial charge in [0.25, 0.3) is 0 Å². The lowest BCUT2D eigenvalue weighted by Gasteiger charge is -2.30. The molecule has 3 rings (SSSR count). The summed E-state index contributed by atoms with van der Waals surface area (Å²) in [7, 11) is -3.70. The van der Waals surface area contributed by atoms with E-state index < -0.39 is 45.6 Å². The fourth-order valence-corrected chi connectivity index (χ4v) is 4.65. The molecule has 2 amide bonds. The second kappa shape index (κ2) is 12.1. The van der Waals surface area contributed by atoms with E-state index >= 15 is 0 Å². The van der Waals surface area contributed by atoms with Crippen LogP contribution in [0, 0.1) is 11.7 Å². The molecule has 15 heteroatoms. The molecule has 0 saturated carbocycles. The maximum atomic E-state index is 14.3. The summed E-state index contributed by atoms with van der Waals surface area (Å²) in [5, 5.41) is 14.6. The number of alkyl halides is 3. The van der Waals surface area contributed by atoms with Gasteiger partial charge in [-0.25, -0.2) is 22.6 Å². The number of hydrogen-bond donors (Lipinski definition) is 4. The van der Waals surface area contributed by atoms with Crippen molar-refractivity contribution in [3.8, 4) is 0 Å². The lowest BCUT2D eigenvalue weighted by molar-refractivity contribution is -0.141. The van der Waals surface area contributed by atoms with Crippen LogP contribution in [0.2, 0.25) is 0 Å². The number of nitrogens with one attached hydrogen (secondary N) is 3. The molecule has 2 aromatic rings. The monoisotopic (exact) mass is 575 g/mol. The average Bonchev–Trinajstić information content (AvgIpc) is 2.85. The molecule has 0 radical (unpaired) electrons. The maximum Gasteiger partial charge on any atom is 0.433 e. The number of piperidine rings is 1.